The van der Waals surface area contributed by atoms with Crippen molar-refractivity contribution in [3.63, 3.8) is 0 Å². The highest BCUT2D eigenvalue weighted by Crippen LogP contribution is 2.35. The minimum absolute atomic E-state index is 0.517. The molecule has 0 heterocycles. The zero-order chi connectivity index (χ0) is 12.7. The SMILES string of the molecule is C=CCCCC(NN)C1CCC(C(C)C)CC1. The molecule has 1 rings (SSSR count). The number of nitrogens with two attached hydrogens (primary N) is 1. The molecule has 0 saturated heterocycles. The third kappa shape index (κ3) is 4.81. The summed E-state index contributed by atoms with van der Waals surface area (Å²) >= 11 is 0. The van der Waals surface area contributed by atoms with Crippen LogP contribution in [-0.2, 0) is 0 Å². The fraction of sp³-hybridized carbons (Fsp3) is 0.867. The third-order valence-electron chi connectivity index (χ3n) is 4.47. The van der Waals surface area contributed by atoms with Gasteiger partial charge in [0.15, 0.2) is 0 Å². The zero-order valence-corrected chi connectivity index (χ0v) is 11.6. The van der Waals surface area contributed by atoms with E-state index < -0.39 is 0 Å². The Bertz CT molecular complexity index is 205. The molecule has 100 valence electrons. The van der Waals surface area contributed by atoms with Crippen molar-refractivity contribution in [3.8, 4) is 0 Å². The molecule has 0 aliphatic heterocycles. The van der Waals surface area contributed by atoms with Gasteiger partial charge >= 0.3 is 0 Å². The van der Waals surface area contributed by atoms with Crippen LogP contribution in [0.15, 0.2) is 12.7 Å². The van der Waals surface area contributed by atoms with Gasteiger partial charge in [-0.15, -0.1) is 6.58 Å². The van der Waals surface area contributed by atoms with E-state index in [0.29, 0.717) is 6.04 Å². The highest BCUT2D eigenvalue weighted by atomic mass is 15.2. The number of rotatable bonds is 7. The van der Waals surface area contributed by atoms with Crippen LogP contribution < -0.4 is 11.3 Å². The van der Waals surface area contributed by atoms with Crippen molar-refractivity contribution in [3.05, 3.63) is 12.7 Å². The van der Waals surface area contributed by atoms with Crippen molar-refractivity contribution >= 4 is 0 Å². The Morgan fingerprint density at radius 1 is 1.24 bits per heavy atom. The summed E-state index contributed by atoms with van der Waals surface area (Å²) in [6.07, 6.45) is 11.0. The Balaban J connectivity index is 2.31. The van der Waals surface area contributed by atoms with E-state index in [1.807, 2.05) is 6.08 Å². The van der Waals surface area contributed by atoms with E-state index in [-0.39, 0.29) is 0 Å². The molecule has 2 heteroatoms. The second-order valence-electron chi connectivity index (χ2n) is 5.91. The molecule has 2 nitrogen and oxygen atoms in total. The van der Waals surface area contributed by atoms with Crippen LogP contribution in [0.3, 0.4) is 0 Å². The van der Waals surface area contributed by atoms with Crippen molar-refractivity contribution in [1.29, 1.82) is 0 Å². The van der Waals surface area contributed by atoms with Crippen LogP contribution in [-0.4, -0.2) is 6.04 Å². The van der Waals surface area contributed by atoms with E-state index in [1.54, 1.807) is 0 Å². The molecule has 0 amide bonds. The van der Waals surface area contributed by atoms with Crippen molar-refractivity contribution < 1.29 is 0 Å². The normalized spacial score (nSPS) is 27.1. The van der Waals surface area contributed by atoms with Gasteiger partial charge in [-0.25, -0.2) is 0 Å². The molecule has 1 aliphatic rings. The van der Waals surface area contributed by atoms with E-state index in [9.17, 15) is 0 Å². The van der Waals surface area contributed by atoms with Crippen LogP contribution in [0.2, 0.25) is 0 Å². The maximum absolute atomic E-state index is 5.70. The van der Waals surface area contributed by atoms with E-state index in [0.717, 1.165) is 24.2 Å². The van der Waals surface area contributed by atoms with Gasteiger partial charge in [0.25, 0.3) is 0 Å². The highest BCUT2D eigenvalue weighted by molar-refractivity contribution is 4.82. The summed E-state index contributed by atoms with van der Waals surface area (Å²) in [6.45, 7) is 8.48. The summed E-state index contributed by atoms with van der Waals surface area (Å²) in [5.74, 6) is 8.29. The summed E-state index contributed by atoms with van der Waals surface area (Å²) < 4.78 is 0. The van der Waals surface area contributed by atoms with Crippen molar-refractivity contribution in [1.82, 2.24) is 5.43 Å². The lowest BCUT2D eigenvalue weighted by Crippen LogP contribution is -2.42. The van der Waals surface area contributed by atoms with Gasteiger partial charge in [-0.2, -0.15) is 0 Å². The molecule has 0 bridgehead atoms. The van der Waals surface area contributed by atoms with E-state index in [4.69, 9.17) is 5.84 Å². The number of nitrogens with one attached hydrogen (secondary N) is 1. The first-order valence-electron chi connectivity index (χ1n) is 7.26. The van der Waals surface area contributed by atoms with Gasteiger partial charge in [0.1, 0.15) is 0 Å². The van der Waals surface area contributed by atoms with E-state index in [2.05, 4.69) is 25.9 Å². The number of allylic oxidation sites excluding steroid dienone is 1. The lowest BCUT2D eigenvalue weighted by Gasteiger charge is -2.35. The minimum atomic E-state index is 0.517. The largest absolute Gasteiger partial charge is 0.271 e. The topological polar surface area (TPSA) is 38.0 Å². The average molecular weight is 238 g/mol. The molecular weight excluding hydrogens is 208 g/mol. The van der Waals surface area contributed by atoms with Crippen LogP contribution in [0.5, 0.6) is 0 Å². The highest BCUT2D eigenvalue weighted by Gasteiger charge is 2.27. The summed E-state index contributed by atoms with van der Waals surface area (Å²) in [6, 6.07) is 0.517. The summed E-state index contributed by atoms with van der Waals surface area (Å²) in [4.78, 5) is 0. The fourth-order valence-corrected chi connectivity index (χ4v) is 3.15. The predicted molar refractivity (Wildman–Crippen MR) is 75.4 cm³/mol. The summed E-state index contributed by atoms with van der Waals surface area (Å²) in [5.41, 5.74) is 3.04. The molecule has 0 spiro atoms. The second-order valence-corrected chi connectivity index (χ2v) is 5.91. The van der Waals surface area contributed by atoms with Gasteiger partial charge in [0, 0.05) is 6.04 Å². The molecule has 0 aromatic rings. The Kier molecular flexibility index (Phi) is 6.83. The Labute approximate surface area is 107 Å². The van der Waals surface area contributed by atoms with Gasteiger partial charge in [-0.05, 0) is 62.7 Å². The number of hydrogen-bond acceptors (Lipinski definition) is 2. The maximum atomic E-state index is 5.70. The molecule has 1 atom stereocenters. The molecule has 17 heavy (non-hydrogen) atoms. The quantitative estimate of drug-likeness (QED) is 0.307. The average Bonchev–Trinajstić information content (AvgIpc) is 2.35. The van der Waals surface area contributed by atoms with Crippen LogP contribution >= 0.6 is 0 Å². The predicted octanol–water partition coefficient (Wildman–Crippen LogP) is 3.64. The van der Waals surface area contributed by atoms with Gasteiger partial charge in [-0.3, -0.25) is 11.3 Å². The Hall–Kier alpha value is -0.340. The van der Waals surface area contributed by atoms with Crippen LogP contribution in [0.25, 0.3) is 0 Å². The molecule has 0 radical (unpaired) electrons. The van der Waals surface area contributed by atoms with Gasteiger partial charge in [-0.1, -0.05) is 19.9 Å². The number of unbranched alkanes of at least 4 members (excludes halogenated alkanes) is 1. The van der Waals surface area contributed by atoms with Gasteiger partial charge < -0.3 is 0 Å². The molecule has 1 aliphatic carbocycles. The lowest BCUT2D eigenvalue weighted by atomic mass is 9.74. The van der Waals surface area contributed by atoms with Gasteiger partial charge in [0.05, 0.1) is 0 Å². The van der Waals surface area contributed by atoms with Crippen molar-refractivity contribution in [2.75, 3.05) is 0 Å². The summed E-state index contributed by atoms with van der Waals surface area (Å²) in [5, 5.41) is 0. The molecule has 1 unspecified atom stereocenters. The standard InChI is InChI=1S/C15H30N2/c1-4-5-6-7-15(17-16)14-10-8-13(9-11-14)12(2)3/h4,12-15,17H,1,5-11,16H2,2-3H3. The number of hydrazine groups is 1. The minimum Gasteiger partial charge on any atom is -0.271 e. The summed E-state index contributed by atoms with van der Waals surface area (Å²) in [7, 11) is 0. The fourth-order valence-electron chi connectivity index (χ4n) is 3.15. The maximum Gasteiger partial charge on any atom is 0.0238 e. The van der Waals surface area contributed by atoms with Gasteiger partial charge in [0.2, 0.25) is 0 Å². The first-order chi connectivity index (χ1) is 8.19. The first kappa shape index (κ1) is 14.7. The van der Waals surface area contributed by atoms with Crippen LogP contribution in [0.1, 0.15) is 58.8 Å². The number of hydrogen-bond donors (Lipinski definition) is 2. The monoisotopic (exact) mass is 238 g/mol. The molecule has 3 N–H and O–H groups in total. The molecular formula is C15H30N2. The van der Waals surface area contributed by atoms with Crippen molar-refractivity contribution in [2.45, 2.75) is 64.8 Å². The zero-order valence-electron chi connectivity index (χ0n) is 11.6. The smallest absolute Gasteiger partial charge is 0.0238 e. The molecule has 1 fully saturated rings. The van der Waals surface area contributed by atoms with E-state index in [1.165, 1.54) is 38.5 Å². The third-order valence-corrected chi connectivity index (χ3v) is 4.47. The van der Waals surface area contributed by atoms with Crippen LogP contribution in [0.4, 0.5) is 0 Å². The first-order valence-corrected chi connectivity index (χ1v) is 7.26. The molecule has 0 aromatic carbocycles. The molecule has 1 saturated carbocycles. The van der Waals surface area contributed by atoms with Crippen LogP contribution in [0, 0.1) is 17.8 Å². The Morgan fingerprint density at radius 2 is 1.82 bits per heavy atom. The Morgan fingerprint density at radius 3 is 2.29 bits per heavy atom. The second kappa shape index (κ2) is 7.88. The lowest BCUT2D eigenvalue weighted by molar-refractivity contribution is 0.183. The van der Waals surface area contributed by atoms with E-state index >= 15 is 0 Å². The molecule has 0 aromatic heterocycles. The van der Waals surface area contributed by atoms with Crippen molar-refractivity contribution in [2.24, 2.45) is 23.6 Å².